The summed E-state index contributed by atoms with van der Waals surface area (Å²) in [6.07, 6.45) is 2.18. The Hall–Kier alpha value is -2.17. The molecule has 3 rings (SSSR count). The molecule has 0 saturated heterocycles. The van der Waals surface area contributed by atoms with Crippen LogP contribution < -0.4 is 5.56 Å². The monoisotopic (exact) mass is 271 g/mol. The molecule has 0 radical (unpaired) electrons. The first-order chi connectivity index (χ1) is 9.56. The Kier molecular flexibility index (Phi) is 3.04. The molecule has 104 valence electrons. The van der Waals surface area contributed by atoms with Crippen LogP contribution in [0.2, 0.25) is 0 Å². The largest absolute Gasteiger partial charge is 0.306 e. The van der Waals surface area contributed by atoms with E-state index in [2.05, 4.69) is 5.10 Å². The second-order valence-electron chi connectivity index (χ2n) is 5.30. The SMILES string of the molecule is Cc1cc(Cn2c3c(ccc2=O)C(=O)CCC3)n(C)n1. The zero-order valence-electron chi connectivity index (χ0n) is 11.7. The maximum Gasteiger partial charge on any atom is 0.251 e. The first-order valence-corrected chi connectivity index (χ1v) is 6.81. The van der Waals surface area contributed by atoms with E-state index in [1.807, 2.05) is 20.0 Å². The molecule has 0 fully saturated rings. The summed E-state index contributed by atoms with van der Waals surface area (Å²) in [5.41, 5.74) is 3.41. The molecule has 0 amide bonds. The number of rotatable bonds is 2. The lowest BCUT2D eigenvalue weighted by molar-refractivity contribution is 0.0970. The molecule has 0 N–H and O–H groups in total. The number of pyridine rings is 1. The van der Waals surface area contributed by atoms with Crippen LogP contribution in [0.5, 0.6) is 0 Å². The van der Waals surface area contributed by atoms with Gasteiger partial charge in [0.2, 0.25) is 0 Å². The van der Waals surface area contributed by atoms with Crippen molar-refractivity contribution < 1.29 is 4.79 Å². The topological polar surface area (TPSA) is 56.9 Å². The van der Waals surface area contributed by atoms with Crippen LogP contribution >= 0.6 is 0 Å². The zero-order chi connectivity index (χ0) is 14.3. The molecule has 2 aromatic heterocycles. The number of nitrogens with zero attached hydrogens (tertiary/aromatic N) is 3. The van der Waals surface area contributed by atoms with E-state index in [0.29, 0.717) is 18.5 Å². The van der Waals surface area contributed by atoms with Crippen molar-refractivity contribution >= 4 is 5.78 Å². The summed E-state index contributed by atoms with van der Waals surface area (Å²) in [6.45, 7) is 2.39. The predicted octanol–water partition coefficient (Wildman–Crippen LogP) is 1.46. The Morgan fingerprint density at radius 2 is 2.05 bits per heavy atom. The first-order valence-electron chi connectivity index (χ1n) is 6.81. The Bertz CT molecular complexity index is 740. The van der Waals surface area contributed by atoms with E-state index < -0.39 is 0 Å². The molecule has 5 heteroatoms. The molecule has 0 saturated carbocycles. The van der Waals surface area contributed by atoms with E-state index >= 15 is 0 Å². The number of aryl methyl sites for hydroxylation is 2. The van der Waals surface area contributed by atoms with Gasteiger partial charge in [0, 0.05) is 30.8 Å². The van der Waals surface area contributed by atoms with Crippen molar-refractivity contribution in [3.8, 4) is 0 Å². The smallest absolute Gasteiger partial charge is 0.251 e. The molecule has 5 nitrogen and oxygen atoms in total. The Morgan fingerprint density at radius 3 is 2.75 bits per heavy atom. The van der Waals surface area contributed by atoms with Gasteiger partial charge < -0.3 is 4.57 Å². The molecule has 1 aliphatic rings. The van der Waals surface area contributed by atoms with Gasteiger partial charge in [-0.3, -0.25) is 14.3 Å². The molecular weight excluding hydrogens is 254 g/mol. The average molecular weight is 271 g/mol. The Labute approximate surface area is 116 Å². The van der Waals surface area contributed by atoms with Gasteiger partial charge >= 0.3 is 0 Å². The highest BCUT2D eigenvalue weighted by Gasteiger charge is 2.21. The summed E-state index contributed by atoms with van der Waals surface area (Å²) in [5.74, 6) is 0.140. The molecule has 1 aliphatic carbocycles. The molecule has 0 unspecified atom stereocenters. The van der Waals surface area contributed by atoms with E-state index in [-0.39, 0.29) is 11.3 Å². The molecule has 0 atom stereocenters. The third kappa shape index (κ3) is 2.09. The van der Waals surface area contributed by atoms with Crippen LogP contribution in [0.3, 0.4) is 0 Å². The number of ketones is 1. The van der Waals surface area contributed by atoms with Crippen molar-refractivity contribution in [3.05, 3.63) is 51.2 Å². The fourth-order valence-electron chi connectivity index (χ4n) is 2.84. The van der Waals surface area contributed by atoms with Crippen molar-refractivity contribution in [2.45, 2.75) is 32.7 Å². The predicted molar refractivity (Wildman–Crippen MR) is 75.0 cm³/mol. The number of carbonyl (C=O) groups excluding carboxylic acids is 1. The summed E-state index contributed by atoms with van der Waals surface area (Å²) in [4.78, 5) is 24.1. The molecule has 0 spiro atoms. The normalized spacial score (nSPS) is 14.4. The van der Waals surface area contributed by atoms with Crippen molar-refractivity contribution in [2.75, 3.05) is 0 Å². The standard InChI is InChI=1S/C15H17N3O2/c1-10-8-11(17(2)16-10)9-18-13-4-3-5-14(19)12(13)6-7-15(18)20/h6-8H,3-5,9H2,1-2H3. The molecule has 0 bridgehead atoms. The third-order valence-corrected chi connectivity index (χ3v) is 3.83. The maximum absolute atomic E-state index is 12.1. The summed E-state index contributed by atoms with van der Waals surface area (Å²) >= 11 is 0. The lowest BCUT2D eigenvalue weighted by Gasteiger charge is -2.19. The minimum absolute atomic E-state index is 0.0581. The summed E-state index contributed by atoms with van der Waals surface area (Å²) in [5, 5.41) is 4.30. The van der Waals surface area contributed by atoms with Crippen molar-refractivity contribution in [2.24, 2.45) is 7.05 Å². The molecule has 0 aliphatic heterocycles. The summed E-state index contributed by atoms with van der Waals surface area (Å²) in [6, 6.07) is 5.13. The van der Waals surface area contributed by atoms with Crippen LogP contribution in [0.1, 0.15) is 40.3 Å². The minimum atomic E-state index is -0.0581. The van der Waals surface area contributed by atoms with Crippen LogP contribution in [0, 0.1) is 6.92 Å². The lowest BCUT2D eigenvalue weighted by atomic mass is 9.94. The van der Waals surface area contributed by atoms with E-state index in [1.165, 1.54) is 6.07 Å². The fourth-order valence-corrected chi connectivity index (χ4v) is 2.84. The van der Waals surface area contributed by atoms with Gasteiger partial charge in [-0.1, -0.05) is 0 Å². The van der Waals surface area contributed by atoms with Crippen LogP contribution in [0.15, 0.2) is 23.0 Å². The second-order valence-corrected chi connectivity index (χ2v) is 5.30. The Morgan fingerprint density at radius 1 is 1.25 bits per heavy atom. The van der Waals surface area contributed by atoms with Gasteiger partial charge in [0.25, 0.3) is 5.56 Å². The van der Waals surface area contributed by atoms with E-state index in [0.717, 1.165) is 29.9 Å². The number of fused-ring (bicyclic) bond motifs is 1. The van der Waals surface area contributed by atoms with Gasteiger partial charge in [-0.2, -0.15) is 5.10 Å². The number of hydrogen-bond donors (Lipinski definition) is 0. The molecule has 2 heterocycles. The van der Waals surface area contributed by atoms with E-state index in [4.69, 9.17) is 0 Å². The minimum Gasteiger partial charge on any atom is -0.306 e. The molecule has 2 aromatic rings. The molecule has 20 heavy (non-hydrogen) atoms. The van der Waals surface area contributed by atoms with Crippen molar-refractivity contribution in [1.82, 2.24) is 14.3 Å². The number of hydrogen-bond acceptors (Lipinski definition) is 3. The van der Waals surface area contributed by atoms with Crippen LogP contribution in [-0.4, -0.2) is 20.1 Å². The maximum atomic E-state index is 12.1. The highest BCUT2D eigenvalue weighted by Crippen LogP contribution is 2.20. The highest BCUT2D eigenvalue weighted by atomic mass is 16.1. The van der Waals surface area contributed by atoms with Crippen molar-refractivity contribution in [1.29, 1.82) is 0 Å². The van der Waals surface area contributed by atoms with E-state index in [1.54, 1.807) is 15.3 Å². The van der Waals surface area contributed by atoms with Crippen LogP contribution in [-0.2, 0) is 20.0 Å². The fraction of sp³-hybridized carbons (Fsp3) is 0.400. The number of carbonyl (C=O) groups is 1. The molecule has 0 aromatic carbocycles. The average Bonchev–Trinajstić information content (AvgIpc) is 2.71. The lowest BCUT2D eigenvalue weighted by Crippen LogP contribution is -2.28. The van der Waals surface area contributed by atoms with Gasteiger partial charge in [0.1, 0.15) is 0 Å². The van der Waals surface area contributed by atoms with Gasteiger partial charge in [0.05, 0.1) is 17.9 Å². The summed E-state index contributed by atoms with van der Waals surface area (Å²) in [7, 11) is 1.87. The van der Waals surface area contributed by atoms with E-state index in [9.17, 15) is 9.59 Å². The zero-order valence-corrected chi connectivity index (χ0v) is 11.7. The second kappa shape index (κ2) is 4.74. The van der Waals surface area contributed by atoms with Crippen molar-refractivity contribution in [3.63, 3.8) is 0 Å². The van der Waals surface area contributed by atoms with Gasteiger partial charge in [-0.25, -0.2) is 0 Å². The molecular formula is C15H17N3O2. The van der Waals surface area contributed by atoms with Gasteiger partial charge in [-0.15, -0.1) is 0 Å². The third-order valence-electron chi connectivity index (χ3n) is 3.83. The first kappa shape index (κ1) is 12.8. The quantitative estimate of drug-likeness (QED) is 0.831. The van der Waals surface area contributed by atoms with Gasteiger partial charge in [-0.05, 0) is 31.9 Å². The number of aromatic nitrogens is 3. The number of Topliss-reactive ketones (excluding diaryl/α,β-unsaturated/α-hetero) is 1. The Balaban J connectivity index is 2.09. The highest BCUT2D eigenvalue weighted by molar-refractivity contribution is 5.97. The summed E-state index contributed by atoms with van der Waals surface area (Å²) < 4.78 is 3.49. The van der Waals surface area contributed by atoms with Gasteiger partial charge in [0.15, 0.2) is 5.78 Å². The van der Waals surface area contributed by atoms with Crippen LogP contribution in [0.25, 0.3) is 0 Å². The van der Waals surface area contributed by atoms with Crippen LogP contribution in [0.4, 0.5) is 0 Å².